The van der Waals surface area contributed by atoms with Crippen molar-refractivity contribution in [3.8, 4) is 0 Å². The topological polar surface area (TPSA) is 69.2 Å². The van der Waals surface area contributed by atoms with Crippen LogP contribution >= 0.6 is 0 Å². The number of amides is 1. The second-order valence-corrected chi connectivity index (χ2v) is 6.25. The first-order chi connectivity index (χ1) is 10.2. The number of piperidine rings is 1. The van der Waals surface area contributed by atoms with Gasteiger partial charge >= 0.3 is 0 Å². The molecule has 1 fully saturated rings. The summed E-state index contributed by atoms with van der Waals surface area (Å²) >= 11 is 0. The molecular formula is C16H27N3O2. The highest BCUT2D eigenvalue weighted by molar-refractivity contribution is 5.95. The number of aromatic amines is 1. The van der Waals surface area contributed by atoms with Gasteiger partial charge in [0, 0.05) is 24.2 Å². The molecule has 0 bridgehead atoms. The molecule has 1 aliphatic rings. The lowest BCUT2D eigenvalue weighted by Gasteiger charge is -2.41. The van der Waals surface area contributed by atoms with Crippen molar-refractivity contribution in [2.24, 2.45) is 5.41 Å². The zero-order valence-electron chi connectivity index (χ0n) is 13.2. The van der Waals surface area contributed by atoms with E-state index in [1.807, 2.05) is 4.90 Å². The lowest BCUT2D eigenvalue weighted by Crippen LogP contribution is -2.48. The van der Waals surface area contributed by atoms with E-state index in [-0.39, 0.29) is 17.9 Å². The third kappa shape index (κ3) is 3.46. The number of nitrogens with zero attached hydrogens (tertiary/aromatic N) is 2. The SMILES string of the molecule is CCCc1[nH]ncc1C(=O)N1CCC[C@@](CO)(CCC)C1. The van der Waals surface area contributed by atoms with Crippen molar-refractivity contribution in [1.82, 2.24) is 15.1 Å². The average molecular weight is 293 g/mol. The molecule has 0 radical (unpaired) electrons. The Balaban J connectivity index is 2.13. The Morgan fingerprint density at radius 1 is 1.48 bits per heavy atom. The summed E-state index contributed by atoms with van der Waals surface area (Å²) in [5.41, 5.74) is 1.51. The fourth-order valence-corrected chi connectivity index (χ4v) is 3.43. The number of H-pyrrole nitrogens is 1. The number of hydrogen-bond acceptors (Lipinski definition) is 3. The van der Waals surface area contributed by atoms with Crippen LogP contribution < -0.4 is 0 Å². The highest BCUT2D eigenvalue weighted by Gasteiger charge is 2.36. The molecule has 2 N–H and O–H groups in total. The molecule has 1 amide bonds. The van der Waals surface area contributed by atoms with Gasteiger partial charge in [-0.2, -0.15) is 5.10 Å². The van der Waals surface area contributed by atoms with Gasteiger partial charge in [-0.15, -0.1) is 0 Å². The summed E-state index contributed by atoms with van der Waals surface area (Å²) < 4.78 is 0. The van der Waals surface area contributed by atoms with Gasteiger partial charge < -0.3 is 10.0 Å². The van der Waals surface area contributed by atoms with Crippen LogP contribution in [0.25, 0.3) is 0 Å². The summed E-state index contributed by atoms with van der Waals surface area (Å²) in [6.45, 7) is 5.83. The summed E-state index contributed by atoms with van der Waals surface area (Å²) in [6, 6.07) is 0. The molecule has 2 rings (SSSR count). The molecule has 1 aromatic heterocycles. The van der Waals surface area contributed by atoms with Crippen molar-refractivity contribution in [2.45, 2.75) is 52.4 Å². The maximum Gasteiger partial charge on any atom is 0.257 e. The largest absolute Gasteiger partial charge is 0.396 e. The van der Waals surface area contributed by atoms with Crippen LogP contribution in [0.4, 0.5) is 0 Å². The molecule has 1 saturated heterocycles. The van der Waals surface area contributed by atoms with Gasteiger partial charge in [0.05, 0.1) is 18.4 Å². The number of aliphatic hydroxyl groups is 1. The third-order valence-corrected chi connectivity index (χ3v) is 4.51. The highest BCUT2D eigenvalue weighted by Crippen LogP contribution is 2.34. The third-order valence-electron chi connectivity index (χ3n) is 4.51. The number of rotatable bonds is 6. The Morgan fingerprint density at radius 2 is 2.29 bits per heavy atom. The first-order valence-corrected chi connectivity index (χ1v) is 8.08. The molecular weight excluding hydrogens is 266 g/mol. The standard InChI is InChI=1S/C16H27N3O2/c1-3-6-14-13(10-17-18-14)15(21)19-9-5-8-16(11-19,12-20)7-4-2/h10,20H,3-9,11-12H2,1-2H3,(H,17,18)/t16-/m0/s1. The molecule has 0 spiro atoms. The molecule has 1 aromatic rings. The van der Waals surface area contributed by atoms with E-state index in [4.69, 9.17) is 0 Å². The van der Waals surface area contributed by atoms with E-state index in [1.165, 1.54) is 0 Å². The van der Waals surface area contributed by atoms with E-state index in [0.29, 0.717) is 12.1 Å². The minimum atomic E-state index is -0.114. The number of aryl methyl sites for hydroxylation is 1. The van der Waals surface area contributed by atoms with Gasteiger partial charge in [0.15, 0.2) is 0 Å². The van der Waals surface area contributed by atoms with Gasteiger partial charge in [-0.3, -0.25) is 9.89 Å². The Labute approximate surface area is 126 Å². The van der Waals surface area contributed by atoms with Crippen LogP contribution in [-0.4, -0.2) is 45.8 Å². The number of hydrogen-bond donors (Lipinski definition) is 2. The monoisotopic (exact) mass is 293 g/mol. The highest BCUT2D eigenvalue weighted by atomic mass is 16.3. The second kappa shape index (κ2) is 7.07. The molecule has 0 unspecified atom stereocenters. The van der Waals surface area contributed by atoms with E-state index >= 15 is 0 Å². The van der Waals surface area contributed by atoms with Crippen molar-refractivity contribution in [2.75, 3.05) is 19.7 Å². The molecule has 1 atom stereocenters. The van der Waals surface area contributed by atoms with Gasteiger partial charge in [-0.25, -0.2) is 0 Å². The smallest absolute Gasteiger partial charge is 0.257 e. The summed E-state index contributed by atoms with van der Waals surface area (Å²) in [5, 5.41) is 16.8. The maximum absolute atomic E-state index is 12.7. The molecule has 0 aliphatic carbocycles. The van der Waals surface area contributed by atoms with E-state index in [9.17, 15) is 9.90 Å². The summed E-state index contributed by atoms with van der Waals surface area (Å²) in [5.74, 6) is 0.0563. The van der Waals surface area contributed by atoms with E-state index in [0.717, 1.165) is 50.8 Å². The van der Waals surface area contributed by atoms with E-state index in [2.05, 4.69) is 24.0 Å². The fourth-order valence-electron chi connectivity index (χ4n) is 3.43. The molecule has 0 aromatic carbocycles. The normalized spacial score (nSPS) is 22.5. The van der Waals surface area contributed by atoms with Gasteiger partial charge in [-0.1, -0.05) is 26.7 Å². The van der Waals surface area contributed by atoms with Crippen LogP contribution in [0.5, 0.6) is 0 Å². The first kappa shape index (κ1) is 16.0. The van der Waals surface area contributed by atoms with Crippen molar-refractivity contribution in [3.63, 3.8) is 0 Å². The van der Waals surface area contributed by atoms with Gasteiger partial charge in [0.25, 0.3) is 5.91 Å². The Kier molecular flexibility index (Phi) is 5.39. The lowest BCUT2D eigenvalue weighted by atomic mass is 9.77. The van der Waals surface area contributed by atoms with Gasteiger partial charge in [0.1, 0.15) is 0 Å². The predicted octanol–water partition coefficient (Wildman–Crippen LogP) is 2.38. The van der Waals surface area contributed by atoms with E-state index < -0.39 is 0 Å². The number of carbonyl (C=O) groups excluding carboxylic acids is 1. The minimum absolute atomic E-state index is 0.0563. The Hall–Kier alpha value is -1.36. The predicted molar refractivity (Wildman–Crippen MR) is 82.1 cm³/mol. The number of aromatic nitrogens is 2. The summed E-state index contributed by atoms with van der Waals surface area (Å²) in [7, 11) is 0. The molecule has 21 heavy (non-hydrogen) atoms. The van der Waals surface area contributed by atoms with Crippen molar-refractivity contribution in [3.05, 3.63) is 17.5 Å². The van der Waals surface area contributed by atoms with Crippen molar-refractivity contribution in [1.29, 1.82) is 0 Å². The van der Waals surface area contributed by atoms with Crippen molar-refractivity contribution < 1.29 is 9.90 Å². The zero-order chi connectivity index (χ0) is 15.3. The zero-order valence-corrected chi connectivity index (χ0v) is 13.2. The summed E-state index contributed by atoms with van der Waals surface area (Å²) in [6.07, 6.45) is 7.45. The first-order valence-electron chi connectivity index (χ1n) is 8.08. The van der Waals surface area contributed by atoms with E-state index in [1.54, 1.807) is 6.20 Å². The summed E-state index contributed by atoms with van der Waals surface area (Å²) in [4.78, 5) is 14.7. The van der Waals surface area contributed by atoms with Crippen LogP contribution in [-0.2, 0) is 6.42 Å². The lowest BCUT2D eigenvalue weighted by molar-refractivity contribution is 0.0222. The number of likely N-dealkylation sites (tertiary alicyclic amines) is 1. The van der Waals surface area contributed by atoms with Crippen LogP contribution in [0.3, 0.4) is 0 Å². The minimum Gasteiger partial charge on any atom is -0.396 e. The van der Waals surface area contributed by atoms with Crippen LogP contribution in [0.1, 0.15) is 62.0 Å². The molecule has 118 valence electrons. The number of aliphatic hydroxyl groups excluding tert-OH is 1. The molecule has 0 saturated carbocycles. The quantitative estimate of drug-likeness (QED) is 0.846. The van der Waals surface area contributed by atoms with Gasteiger partial charge in [0.2, 0.25) is 0 Å². The van der Waals surface area contributed by atoms with Crippen LogP contribution in [0.15, 0.2) is 6.20 Å². The second-order valence-electron chi connectivity index (χ2n) is 6.25. The van der Waals surface area contributed by atoms with Crippen LogP contribution in [0.2, 0.25) is 0 Å². The van der Waals surface area contributed by atoms with Gasteiger partial charge in [-0.05, 0) is 25.7 Å². The Morgan fingerprint density at radius 3 is 2.95 bits per heavy atom. The van der Waals surface area contributed by atoms with Crippen LogP contribution in [0, 0.1) is 5.41 Å². The fraction of sp³-hybridized carbons (Fsp3) is 0.750. The number of carbonyl (C=O) groups is 1. The van der Waals surface area contributed by atoms with Crippen molar-refractivity contribution >= 4 is 5.91 Å². The molecule has 1 aliphatic heterocycles. The average Bonchev–Trinajstić information content (AvgIpc) is 2.96. The maximum atomic E-state index is 12.7. The number of nitrogens with one attached hydrogen (secondary N) is 1. The molecule has 2 heterocycles. The Bertz CT molecular complexity index is 468. The molecule has 5 nitrogen and oxygen atoms in total. The molecule has 5 heteroatoms.